The van der Waals surface area contributed by atoms with E-state index in [1.54, 1.807) is 0 Å². The highest BCUT2D eigenvalue weighted by Gasteiger charge is 2.37. The zero-order chi connectivity index (χ0) is 8.32. The van der Waals surface area contributed by atoms with Crippen LogP contribution in [0.4, 0.5) is 0 Å². The first-order chi connectivity index (χ1) is 5.26. The Morgan fingerprint density at radius 2 is 1.64 bits per heavy atom. The van der Waals surface area contributed by atoms with Crippen LogP contribution in [0, 0.1) is 0 Å². The second-order valence-corrected chi connectivity index (χ2v) is 3.65. The average molecular weight is 157 g/mol. The minimum absolute atomic E-state index is 1.29. The maximum absolute atomic E-state index is 2.55. The smallest absolute Gasteiger partial charge is 0.140 e. The Hall–Kier alpha value is -0.0800. The molecule has 1 aliphatic heterocycles. The number of quaternary nitrogens is 1. The number of hydrogen-bond donors (Lipinski definition) is 0. The van der Waals surface area contributed by atoms with Gasteiger partial charge in [0.2, 0.25) is 0 Å². The van der Waals surface area contributed by atoms with E-state index in [0.29, 0.717) is 0 Å². The molecule has 66 valence electrons. The van der Waals surface area contributed by atoms with E-state index < -0.39 is 0 Å². The largest absolute Gasteiger partial charge is 0.299 e. The van der Waals surface area contributed by atoms with Gasteiger partial charge in [0.1, 0.15) is 13.3 Å². The third-order valence-corrected chi connectivity index (χ3v) is 2.88. The summed E-state index contributed by atoms with van der Waals surface area (Å²) in [6.45, 7) is 13.3. The van der Waals surface area contributed by atoms with E-state index >= 15 is 0 Å². The van der Waals surface area contributed by atoms with Crippen LogP contribution in [0.15, 0.2) is 0 Å². The van der Waals surface area contributed by atoms with Crippen LogP contribution in [0.1, 0.15) is 27.2 Å². The fourth-order valence-electron chi connectivity index (χ4n) is 1.89. The summed E-state index contributed by atoms with van der Waals surface area (Å²) in [5, 5.41) is 0. The van der Waals surface area contributed by atoms with Crippen molar-refractivity contribution in [2.75, 3.05) is 33.0 Å². The van der Waals surface area contributed by atoms with E-state index in [4.69, 9.17) is 0 Å². The van der Waals surface area contributed by atoms with Crippen molar-refractivity contribution in [3.8, 4) is 0 Å². The normalized spacial score (nSPS) is 23.2. The molecule has 1 aliphatic rings. The monoisotopic (exact) mass is 157 g/mol. The first-order valence-corrected chi connectivity index (χ1v) is 4.83. The Bertz CT molecular complexity index is 111. The van der Waals surface area contributed by atoms with E-state index in [-0.39, 0.29) is 0 Å². The Morgan fingerprint density at radius 3 is 2.00 bits per heavy atom. The zero-order valence-corrected chi connectivity index (χ0v) is 8.14. The predicted octanol–water partition coefficient (Wildman–Crippen LogP) is 1.48. The van der Waals surface area contributed by atoms with Crippen LogP contribution in [-0.2, 0) is 0 Å². The van der Waals surface area contributed by atoms with Gasteiger partial charge in [0.25, 0.3) is 0 Å². The molecular weight excluding hydrogens is 136 g/mol. The van der Waals surface area contributed by atoms with Gasteiger partial charge in [-0.15, -0.1) is 0 Å². The minimum Gasteiger partial charge on any atom is -0.299 e. The summed E-state index contributed by atoms with van der Waals surface area (Å²) in [4.78, 5) is 2.55. The maximum atomic E-state index is 2.55. The summed E-state index contributed by atoms with van der Waals surface area (Å²) >= 11 is 0. The van der Waals surface area contributed by atoms with E-state index in [9.17, 15) is 0 Å². The fraction of sp³-hybridized carbons (Fsp3) is 1.00. The summed E-state index contributed by atoms with van der Waals surface area (Å²) in [5.41, 5.74) is 0. The molecule has 0 atom stereocenters. The number of nitrogens with zero attached hydrogens (tertiary/aromatic N) is 2. The van der Waals surface area contributed by atoms with Gasteiger partial charge in [-0.1, -0.05) is 6.92 Å². The van der Waals surface area contributed by atoms with Gasteiger partial charge in [-0.3, -0.25) is 4.48 Å². The molecule has 2 nitrogen and oxygen atoms in total. The van der Waals surface area contributed by atoms with Crippen LogP contribution >= 0.6 is 0 Å². The molecule has 0 N–H and O–H groups in total. The van der Waals surface area contributed by atoms with E-state index in [1.807, 2.05) is 0 Å². The maximum Gasteiger partial charge on any atom is 0.140 e. The molecule has 0 aromatic heterocycles. The molecule has 0 unspecified atom stereocenters. The lowest BCUT2D eigenvalue weighted by atomic mass is 10.3. The lowest BCUT2D eigenvalue weighted by Gasteiger charge is -2.51. The van der Waals surface area contributed by atoms with Gasteiger partial charge in [0, 0.05) is 6.54 Å². The molecule has 0 aromatic rings. The second-order valence-electron chi connectivity index (χ2n) is 3.65. The van der Waals surface area contributed by atoms with Gasteiger partial charge in [-0.05, 0) is 20.3 Å². The SMILES string of the molecule is CCCN1C[N+](CC)(CC)C1. The highest BCUT2D eigenvalue weighted by Crippen LogP contribution is 2.19. The molecule has 0 aromatic carbocycles. The Balaban J connectivity index is 2.24. The molecule has 1 rings (SSSR count). The van der Waals surface area contributed by atoms with Gasteiger partial charge < -0.3 is 0 Å². The minimum atomic E-state index is 1.29. The third kappa shape index (κ3) is 1.74. The van der Waals surface area contributed by atoms with Crippen molar-refractivity contribution in [3.63, 3.8) is 0 Å². The topological polar surface area (TPSA) is 3.24 Å². The van der Waals surface area contributed by atoms with Gasteiger partial charge in [-0.25, -0.2) is 4.90 Å². The molecule has 0 aliphatic carbocycles. The van der Waals surface area contributed by atoms with Crippen LogP contribution < -0.4 is 0 Å². The highest BCUT2D eigenvalue weighted by atomic mass is 15.6. The lowest BCUT2D eigenvalue weighted by Crippen LogP contribution is -2.68. The van der Waals surface area contributed by atoms with Crippen molar-refractivity contribution >= 4 is 0 Å². The molecular formula is C9H21N2+. The summed E-state index contributed by atoms with van der Waals surface area (Å²) < 4.78 is 1.32. The molecule has 0 saturated carbocycles. The number of hydrogen-bond acceptors (Lipinski definition) is 1. The molecule has 0 spiro atoms. The number of rotatable bonds is 4. The molecule has 0 amide bonds. The summed E-state index contributed by atoms with van der Waals surface area (Å²) in [7, 11) is 0. The lowest BCUT2D eigenvalue weighted by molar-refractivity contribution is -0.992. The van der Waals surface area contributed by atoms with Crippen LogP contribution in [-0.4, -0.2) is 42.4 Å². The van der Waals surface area contributed by atoms with E-state index in [1.165, 1.54) is 43.9 Å². The Morgan fingerprint density at radius 1 is 1.09 bits per heavy atom. The fourth-order valence-corrected chi connectivity index (χ4v) is 1.89. The summed E-state index contributed by atoms with van der Waals surface area (Å²) in [5.74, 6) is 0. The van der Waals surface area contributed by atoms with E-state index in [2.05, 4.69) is 25.7 Å². The van der Waals surface area contributed by atoms with Gasteiger partial charge >= 0.3 is 0 Å². The van der Waals surface area contributed by atoms with Crippen LogP contribution in [0.2, 0.25) is 0 Å². The van der Waals surface area contributed by atoms with Gasteiger partial charge in [0.05, 0.1) is 13.1 Å². The van der Waals surface area contributed by atoms with Crippen molar-refractivity contribution < 1.29 is 4.48 Å². The standard InChI is InChI=1S/C9H21N2/c1-4-7-10-8-11(5-2,6-3)9-10/h4-9H2,1-3H3/q+1. The summed E-state index contributed by atoms with van der Waals surface area (Å²) in [6.07, 6.45) is 1.30. The third-order valence-electron chi connectivity index (χ3n) is 2.88. The van der Waals surface area contributed by atoms with Crippen molar-refractivity contribution in [1.82, 2.24) is 4.90 Å². The quantitative estimate of drug-likeness (QED) is 0.559. The second kappa shape index (κ2) is 3.55. The highest BCUT2D eigenvalue weighted by molar-refractivity contribution is 4.56. The predicted molar refractivity (Wildman–Crippen MR) is 48.1 cm³/mol. The average Bonchev–Trinajstić information content (AvgIpc) is 1.96. The van der Waals surface area contributed by atoms with Crippen LogP contribution in [0.5, 0.6) is 0 Å². The van der Waals surface area contributed by atoms with Crippen LogP contribution in [0.25, 0.3) is 0 Å². The van der Waals surface area contributed by atoms with Crippen molar-refractivity contribution in [2.45, 2.75) is 27.2 Å². The molecule has 1 saturated heterocycles. The van der Waals surface area contributed by atoms with Gasteiger partial charge in [-0.2, -0.15) is 0 Å². The molecule has 0 bridgehead atoms. The molecule has 1 fully saturated rings. The van der Waals surface area contributed by atoms with Crippen molar-refractivity contribution in [3.05, 3.63) is 0 Å². The van der Waals surface area contributed by atoms with E-state index in [0.717, 1.165) is 0 Å². The molecule has 1 heterocycles. The molecule has 11 heavy (non-hydrogen) atoms. The van der Waals surface area contributed by atoms with Crippen LogP contribution in [0.3, 0.4) is 0 Å². The van der Waals surface area contributed by atoms with Gasteiger partial charge in [0.15, 0.2) is 0 Å². The summed E-state index contributed by atoms with van der Waals surface area (Å²) in [6, 6.07) is 0. The zero-order valence-electron chi connectivity index (χ0n) is 8.14. The molecule has 2 heteroatoms. The first kappa shape index (κ1) is 9.01. The van der Waals surface area contributed by atoms with Crippen molar-refractivity contribution in [2.24, 2.45) is 0 Å². The van der Waals surface area contributed by atoms with Crippen molar-refractivity contribution in [1.29, 1.82) is 0 Å². The Kier molecular flexibility index (Phi) is 2.90. The first-order valence-electron chi connectivity index (χ1n) is 4.83. The molecule has 0 radical (unpaired) electrons. The Labute approximate surface area is 70.4 Å².